The number of rotatable bonds is 5. The maximum absolute atomic E-state index is 12.6. The van der Waals surface area contributed by atoms with Gasteiger partial charge in [0.25, 0.3) is 0 Å². The van der Waals surface area contributed by atoms with Crippen LogP contribution in [0.2, 0.25) is 0 Å². The van der Waals surface area contributed by atoms with E-state index in [0.717, 1.165) is 17.9 Å². The van der Waals surface area contributed by atoms with E-state index in [0.29, 0.717) is 6.04 Å². The standard InChI is InChI=1S/C16H23NOS/c1-4-5-10-19-13(3)16(18)17-12(2)11-14-8-6-7-9-15(14)17/h6-9,12-13H,4-5,10-11H2,1-3H3. The number of carbonyl (C=O) groups excluding carboxylic acids is 1. The molecule has 1 aromatic rings. The monoisotopic (exact) mass is 277 g/mol. The third-order valence-corrected chi connectivity index (χ3v) is 4.88. The first-order chi connectivity index (χ1) is 9.15. The van der Waals surface area contributed by atoms with Gasteiger partial charge in [0.1, 0.15) is 0 Å². The Morgan fingerprint density at radius 1 is 1.47 bits per heavy atom. The zero-order valence-electron chi connectivity index (χ0n) is 12.1. The van der Waals surface area contributed by atoms with Crippen molar-refractivity contribution in [3.05, 3.63) is 29.8 Å². The number of carbonyl (C=O) groups is 1. The Kier molecular flexibility index (Phi) is 4.92. The summed E-state index contributed by atoms with van der Waals surface area (Å²) in [5.74, 6) is 1.34. The smallest absolute Gasteiger partial charge is 0.240 e. The lowest BCUT2D eigenvalue weighted by Crippen LogP contribution is -2.40. The molecule has 0 spiro atoms. The van der Waals surface area contributed by atoms with Crippen molar-refractivity contribution >= 4 is 23.4 Å². The summed E-state index contributed by atoms with van der Waals surface area (Å²) in [6.45, 7) is 6.36. The summed E-state index contributed by atoms with van der Waals surface area (Å²) in [5, 5.41) is 0.0557. The molecule has 0 aliphatic carbocycles. The van der Waals surface area contributed by atoms with E-state index >= 15 is 0 Å². The minimum Gasteiger partial charge on any atom is -0.308 e. The number of nitrogens with zero attached hydrogens (tertiary/aromatic N) is 1. The number of unbranched alkanes of at least 4 members (excludes halogenated alkanes) is 1. The van der Waals surface area contributed by atoms with Crippen LogP contribution < -0.4 is 4.90 Å². The van der Waals surface area contributed by atoms with Crippen LogP contribution in [0.4, 0.5) is 5.69 Å². The SMILES string of the molecule is CCCCSC(C)C(=O)N1c2ccccc2CC1C. The van der Waals surface area contributed by atoms with E-state index in [1.165, 1.54) is 18.4 Å². The van der Waals surface area contributed by atoms with Gasteiger partial charge in [-0.2, -0.15) is 0 Å². The number of hydrogen-bond donors (Lipinski definition) is 0. The molecule has 1 aliphatic rings. The molecule has 0 saturated carbocycles. The van der Waals surface area contributed by atoms with Gasteiger partial charge >= 0.3 is 0 Å². The molecule has 3 heteroatoms. The van der Waals surface area contributed by atoms with Crippen LogP contribution >= 0.6 is 11.8 Å². The summed E-state index contributed by atoms with van der Waals surface area (Å²) in [7, 11) is 0. The zero-order valence-corrected chi connectivity index (χ0v) is 12.9. The van der Waals surface area contributed by atoms with Crippen molar-refractivity contribution in [1.82, 2.24) is 0 Å². The first-order valence-electron chi connectivity index (χ1n) is 7.17. The molecule has 104 valence electrons. The number of amides is 1. The first kappa shape index (κ1) is 14.4. The highest BCUT2D eigenvalue weighted by molar-refractivity contribution is 8.00. The lowest BCUT2D eigenvalue weighted by atomic mass is 10.1. The summed E-state index contributed by atoms with van der Waals surface area (Å²) in [5.41, 5.74) is 2.41. The summed E-state index contributed by atoms with van der Waals surface area (Å²) in [6.07, 6.45) is 3.36. The number of benzene rings is 1. The molecule has 2 unspecified atom stereocenters. The molecule has 0 aromatic heterocycles. The van der Waals surface area contributed by atoms with Gasteiger partial charge in [0.15, 0.2) is 0 Å². The lowest BCUT2D eigenvalue weighted by molar-refractivity contribution is -0.118. The minimum atomic E-state index is 0.0557. The van der Waals surface area contributed by atoms with Crippen molar-refractivity contribution < 1.29 is 4.79 Å². The van der Waals surface area contributed by atoms with Crippen molar-refractivity contribution in [2.75, 3.05) is 10.7 Å². The normalized spacial score (nSPS) is 19.3. The van der Waals surface area contributed by atoms with Gasteiger partial charge in [0.2, 0.25) is 5.91 Å². The predicted molar refractivity (Wildman–Crippen MR) is 83.9 cm³/mol. The summed E-state index contributed by atoms with van der Waals surface area (Å²) in [6, 6.07) is 8.57. The molecule has 2 nitrogen and oxygen atoms in total. The fourth-order valence-corrected chi connectivity index (χ4v) is 3.64. The van der Waals surface area contributed by atoms with E-state index in [2.05, 4.69) is 32.0 Å². The summed E-state index contributed by atoms with van der Waals surface area (Å²) in [4.78, 5) is 14.6. The van der Waals surface area contributed by atoms with E-state index in [9.17, 15) is 4.79 Å². The van der Waals surface area contributed by atoms with Crippen LogP contribution in [0.5, 0.6) is 0 Å². The minimum absolute atomic E-state index is 0.0557. The van der Waals surface area contributed by atoms with Crippen LogP contribution in [0.1, 0.15) is 39.2 Å². The Labute approximate surface area is 120 Å². The third-order valence-electron chi connectivity index (χ3n) is 3.66. The first-order valence-corrected chi connectivity index (χ1v) is 8.22. The van der Waals surface area contributed by atoms with Crippen molar-refractivity contribution in [3.63, 3.8) is 0 Å². The third kappa shape index (κ3) is 3.14. The van der Waals surface area contributed by atoms with Crippen LogP contribution in [-0.2, 0) is 11.2 Å². The molecule has 0 bridgehead atoms. The lowest BCUT2D eigenvalue weighted by Gasteiger charge is -2.25. The van der Waals surface area contributed by atoms with Gasteiger partial charge in [-0.1, -0.05) is 31.5 Å². The maximum atomic E-state index is 12.6. The second-order valence-corrected chi connectivity index (χ2v) is 6.71. The average molecular weight is 277 g/mol. The molecular formula is C16H23NOS. The largest absolute Gasteiger partial charge is 0.308 e. The quantitative estimate of drug-likeness (QED) is 0.761. The zero-order chi connectivity index (χ0) is 13.8. The number of para-hydroxylation sites is 1. The van der Waals surface area contributed by atoms with Crippen LogP contribution in [0.15, 0.2) is 24.3 Å². The highest BCUT2D eigenvalue weighted by Crippen LogP contribution is 2.33. The van der Waals surface area contributed by atoms with E-state index in [4.69, 9.17) is 0 Å². The second kappa shape index (κ2) is 6.47. The maximum Gasteiger partial charge on any atom is 0.240 e. The average Bonchev–Trinajstić information content (AvgIpc) is 2.74. The predicted octanol–water partition coefficient (Wildman–Crippen LogP) is 3.89. The number of anilines is 1. The van der Waals surface area contributed by atoms with Crippen LogP contribution in [-0.4, -0.2) is 23.0 Å². The summed E-state index contributed by atoms with van der Waals surface area (Å²) < 4.78 is 0. The second-order valence-electron chi connectivity index (χ2n) is 5.26. The highest BCUT2D eigenvalue weighted by Gasteiger charge is 2.32. The summed E-state index contributed by atoms with van der Waals surface area (Å²) >= 11 is 1.78. The van der Waals surface area contributed by atoms with Crippen LogP contribution in [0, 0.1) is 0 Å². The van der Waals surface area contributed by atoms with Gasteiger partial charge < -0.3 is 4.90 Å². The molecule has 0 radical (unpaired) electrons. The molecular weight excluding hydrogens is 254 g/mol. The molecule has 1 aliphatic heterocycles. The van der Waals surface area contributed by atoms with Crippen molar-refractivity contribution in [2.24, 2.45) is 0 Å². The van der Waals surface area contributed by atoms with Gasteiger partial charge in [-0.25, -0.2) is 0 Å². The number of fused-ring (bicyclic) bond motifs is 1. The van der Waals surface area contributed by atoms with E-state index in [1.807, 2.05) is 17.9 Å². The molecule has 2 atom stereocenters. The van der Waals surface area contributed by atoms with E-state index in [-0.39, 0.29) is 11.2 Å². The van der Waals surface area contributed by atoms with Gasteiger partial charge in [-0.05, 0) is 44.1 Å². The Balaban J connectivity index is 2.06. The van der Waals surface area contributed by atoms with Gasteiger partial charge in [-0.3, -0.25) is 4.79 Å². The fraction of sp³-hybridized carbons (Fsp3) is 0.562. The van der Waals surface area contributed by atoms with Gasteiger partial charge in [-0.15, -0.1) is 11.8 Å². The van der Waals surface area contributed by atoms with Crippen molar-refractivity contribution in [3.8, 4) is 0 Å². The topological polar surface area (TPSA) is 20.3 Å². The Morgan fingerprint density at radius 2 is 2.21 bits per heavy atom. The van der Waals surface area contributed by atoms with E-state index < -0.39 is 0 Å². The van der Waals surface area contributed by atoms with Crippen LogP contribution in [0.25, 0.3) is 0 Å². The van der Waals surface area contributed by atoms with E-state index in [1.54, 1.807) is 11.8 Å². The molecule has 1 heterocycles. The molecule has 2 rings (SSSR count). The Bertz CT molecular complexity index is 446. The molecule has 1 amide bonds. The van der Waals surface area contributed by atoms with Gasteiger partial charge in [0.05, 0.1) is 5.25 Å². The molecule has 1 aromatic carbocycles. The Hall–Kier alpha value is -0.960. The van der Waals surface area contributed by atoms with Gasteiger partial charge in [0, 0.05) is 11.7 Å². The number of thioether (sulfide) groups is 1. The highest BCUT2D eigenvalue weighted by atomic mass is 32.2. The van der Waals surface area contributed by atoms with Crippen molar-refractivity contribution in [2.45, 2.75) is 51.3 Å². The number of hydrogen-bond acceptors (Lipinski definition) is 2. The fourth-order valence-electron chi connectivity index (χ4n) is 2.57. The Morgan fingerprint density at radius 3 is 2.95 bits per heavy atom. The van der Waals surface area contributed by atoms with Crippen LogP contribution in [0.3, 0.4) is 0 Å². The molecule has 0 saturated heterocycles. The molecule has 0 fully saturated rings. The molecule has 0 N–H and O–H groups in total. The molecule has 19 heavy (non-hydrogen) atoms. The van der Waals surface area contributed by atoms with Crippen molar-refractivity contribution in [1.29, 1.82) is 0 Å².